The number of aromatic nitrogens is 3. The van der Waals surface area contributed by atoms with E-state index in [2.05, 4.69) is 15.2 Å². The highest BCUT2D eigenvalue weighted by Crippen LogP contribution is 2.33. The number of halogens is 2. The second-order valence-corrected chi connectivity index (χ2v) is 3.69. The molecular weight excluding hydrogens is 226 g/mol. The Morgan fingerprint density at radius 3 is 2.82 bits per heavy atom. The van der Waals surface area contributed by atoms with Crippen LogP contribution in [0.5, 0.6) is 0 Å². The van der Waals surface area contributed by atoms with Gasteiger partial charge in [-0.15, -0.1) is 0 Å². The van der Waals surface area contributed by atoms with E-state index in [1.807, 2.05) is 0 Å². The van der Waals surface area contributed by atoms with Crippen molar-refractivity contribution in [2.75, 3.05) is 5.73 Å². The zero-order valence-electron chi connectivity index (χ0n) is 8.59. The predicted octanol–water partition coefficient (Wildman–Crippen LogP) is 2.42. The fraction of sp³-hybridized carbons (Fsp3) is 0. The summed E-state index contributed by atoms with van der Waals surface area (Å²) in [5.41, 5.74) is 5.86. The first-order chi connectivity index (χ1) is 8.18. The minimum Gasteiger partial charge on any atom is -0.384 e. The molecule has 0 amide bonds. The van der Waals surface area contributed by atoms with E-state index in [1.54, 1.807) is 12.3 Å². The lowest BCUT2D eigenvalue weighted by atomic mass is 10.1. The highest BCUT2D eigenvalue weighted by Gasteiger charge is 2.19. The maximum atomic E-state index is 14.1. The van der Waals surface area contributed by atoms with Gasteiger partial charge in [0.1, 0.15) is 11.6 Å². The standard InChI is InChI=1S/C11H8F2N4/c12-7-3-5-1-2-15-10(5)9(13)8(7)6-4-16-17-11(6)14/h1-4,15H,(H3,14,16,17). The van der Waals surface area contributed by atoms with Crippen molar-refractivity contribution in [3.8, 4) is 11.1 Å². The molecule has 3 aromatic rings. The molecule has 0 bridgehead atoms. The van der Waals surface area contributed by atoms with E-state index in [1.165, 1.54) is 12.3 Å². The third kappa shape index (κ3) is 1.30. The van der Waals surface area contributed by atoms with Crippen LogP contribution in [0.15, 0.2) is 24.5 Å². The SMILES string of the molecule is Nc1[nH]ncc1-c1c(F)cc2cc[nH]c2c1F. The van der Waals surface area contributed by atoms with Crippen LogP contribution in [-0.4, -0.2) is 15.2 Å². The number of hydrogen-bond donors (Lipinski definition) is 3. The quantitative estimate of drug-likeness (QED) is 0.605. The molecule has 2 heterocycles. The Kier molecular flexibility index (Phi) is 1.91. The van der Waals surface area contributed by atoms with Crippen LogP contribution in [-0.2, 0) is 0 Å². The summed E-state index contributed by atoms with van der Waals surface area (Å²) in [5.74, 6) is -1.20. The van der Waals surface area contributed by atoms with Crippen molar-refractivity contribution in [1.82, 2.24) is 15.2 Å². The van der Waals surface area contributed by atoms with E-state index in [0.717, 1.165) is 0 Å². The maximum Gasteiger partial charge on any atom is 0.158 e. The number of nitrogen functional groups attached to an aromatic ring is 1. The highest BCUT2D eigenvalue weighted by atomic mass is 19.1. The molecule has 0 saturated carbocycles. The van der Waals surface area contributed by atoms with Crippen LogP contribution in [0.4, 0.5) is 14.6 Å². The maximum absolute atomic E-state index is 14.1. The number of nitrogens with zero attached hydrogens (tertiary/aromatic N) is 1. The molecule has 0 fully saturated rings. The van der Waals surface area contributed by atoms with E-state index in [4.69, 9.17) is 5.73 Å². The molecule has 0 saturated heterocycles. The Hall–Kier alpha value is -2.37. The average molecular weight is 234 g/mol. The van der Waals surface area contributed by atoms with Crippen molar-refractivity contribution in [1.29, 1.82) is 0 Å². The zero-order chi connectivity index (χ0) is 12.0. The van der Waals surface area contributed by atoms with E-state index in [0.29, 0.717) is 5.39 Å². The number of H-pyrrole nitrogens is 2. The Morgan fingerprint density at radius 2 is 2.12 bits per heavy atom. The molecule has 0 atom stereocenters. The number of nitrogens with one attached hydrogen (secondary N) is 2. The van der Waals surface area contributed by atoms with Gasteiger partial charge in [0.2, 0.25) is 0 Å². The molecule has 0 aliphatic carbocycles. The van der Waals surface area contributed by atoms with Gasteiger partial charge in [-0.25, -0.2) is 8.78 Å². The molecule has 0 spiro atoms. The zero-order valence-corrected chi connectivity index (χ0v) is 8.59. The van der Waals surface area contributed by atoms with Gasteiger partial charge in [-0.05, 0) is 12.1 Å². The number of benzene rings is 1. The molecule has 4 N–H and O–H groups in total. The van der Waals surface area contributed by atoms with Crippen molar-refractivity contribution in [3.05, 3.63) is 36.2 Å². The average Bonchev–Trinajstić information content (AvgIpc) is 2.88. The van der Waals surface area contributed by atoms with Gasteiger partial charge in [-0.1, -0.05) is 0 Å². The molecule has 6 heteroatoms. The Morgan fingerprint density at radius 1 is 1.29 bits per heavy atom. The first-order valence-corrected chi connectivity index (χ1v) is 4.93. The number of aromatic amines is 2. The summed E-state index contributed by atoms with van der Waals surface area (Å²) >= 11 is 0. The van der Waals surface area contributed by atoms with Gasteiger partial charge < -0.3 is 10.7 Å². The number of fused-ring (bicyclic) bond motifs is 1. The fourth-order valence-electron chi connectivity index (χ4n) is 1.87. The Bertz CT molecular complexity index is 699. The third-order valence-electron chi connectivity index (χ3n) is 2.68. The van der Waals surface area contributed by atoms with Crippen LogP contribution in [0, 0.1) is 11.6 Å². The van der Waals surface area contributed by atoms with Crippen LogP contribution in [0.1, 0.15) is 0 Å². The Balaban J connectivity index is 2.40. The van der Waals surface area contributed by atoms with Gasteiger partial charge in [0.25, 0.3) is 0 Å². The van der Waals surface area contributed by atoms with Gasteiger partial charge >= 0.3 is 0 Å². The van der Waals surface area contributed by atoms with Crippen LogP contribution in [0.3, 0.4) is 0 Å². The van der Waals surface area contributed by atoms with Crippen molar-refractivity contribution < 1.29 is 8.78 Å². The lowest BCUT2D eigenvalue weighted by Gasteiger charge is -2.04. The van der Waals surface area contributed by atoms with Crippen LogP contribution in [0.25, 0.3) is 22.0 Å². The number of hydrogen-bond acceptors (Lipinski definition) is 2. The topological polar surface area (TPSA) is 70.5 Å². The van der Waals surface area contributed by atoms with Crippen LogP contribution in [0.2, 0.25) is 0 Å². The van der Waals surface area contributed by atoms with Gasteiger partial charge in [0.05, 0.1) is 17.3 Å². The molecule has 2 aromatic heterocycles. The minimum atomic E-state index is -0.668. The normalized spacial score (nSPS) is 11.2. The van der Waals surface area contributed by atoms with E-state index >= 15 is 0 Å². The molecule has 0 aliphatic rings. The first kappa shape index (κ1) is 9.83. The van der Waals surface area contributed by atoms with E-state index in [9.17, 15) is 8.78 Å². The molecule has 3 rings (SSSR count). The first-order valence-electron chi connectivity index (χ1n) is 4.93. The molecule has 0 aliphatic heterocycles. The van der Waals surface area contributed by atoms with Gasteiger partial charge in [-0.2, -0.15) is 5.10 Å². The fourth-order valence-corrected chi connectivity index (χ4v) is 1.87. The van der Waals surface area contributed by atoms with Gasteiger partial charge in [-0.3, -0.25) is 5.10 Å². The summed E-state index contributed by atoms with van der Waals surface area (Å²) in [6, 6.07) is 2.86. The molecule has 17 heavy (non-hydrogen) atoms. The minimum absolute atomic E-state index is 0.133. The van der Waals surface area contributed by atoms with Gasteiger partial charge in [0.15, 0.2) is 5.82 Å². The number of anilines is 1. The van der Waals surface area contributed by atoms with E-state index < -0.39 is 11.6 Å². The third-order valence-corrected chi connectivity index (χ3v) is 2.68. The number of nitrogens with two attached hydrogens (primary N) is 1. The highest BCUT2D eigenvalue weighted by molar-refractivity contribution is 5.88. The molecule has 86 valence electrons. The Labute approximate surface area is 94.4 Å². The molecule has 0 radical (unpaired) electrons. The largest absolute Gasteiger partial charge is 0.384 e. The molecule has 0 unspecified atom stereocenters. The second kappa shape index (κ2) is 3.31. The lowest BCUT2D eigenvalue weighted by Crippen LogP contribution is -1.94. The monoisotopic (exact) mass is 234 g/mol. The summed E-state index contributed by atoms with van der Waals surface area (Å²) in [7, 11) is 0. The summed E-state index contributed by atoms with van der Waals surface area (Å²) in [4.78, 5) is 2.72. The summed E-state index contributed by atoms with van der Waals surface area (Å²) < 4.78 is 28.0. The number of rotatable bonds is 1. The summed E-state index contributed by atoms with van der Waals surface area (Å²) in [6.07, 6.45) is 2.85. The molecule has 4 nitrogen and oxygen atoms in total. The van der Waals surface area contributed by atoms with Gasteiger partial charge in [0, 0.05) is 17.1 Å². The van der Waals surface area contributed by atoms with E-state index in [-0.39, 0.29) is 22.5 Å². The van der Waals surface area contributed by atoms with Crippen molar-refractivity contribution >= 4 is 16.7 Å². The smallest absolute Gasteiger partial charge is 0.158 e. The van der Waals surface area contributed by atoms with Crippen LogP contribution < -0.4 is 5.73 Å². The lowest BCUT2D eigenvalue weighted by molar-refractivity contribution is 0.597. The van der Waals surface area contributed by atoms with Crippen LogP contribution >= 0.6 is 0 Å². The van der Waals surface area contributed by atoms with Crippen molar-refractivity contribution in [3.63, 3.8) is 0 Å². The summed E-state index contributed by atoms with van der Waals surface area (Å²) in [6.45, 7) is 0. The predicted molar refractivity (Wildman–Crippen MR) is 60.2 cm³/mol. The molecular formula is C11H8F2N4. The second-order valence-electron chi connectivity index (χ2n) is 3.69. The summed E-state index contributed by atoms with van der Waals surface area (Å²) in [5, 5.41) is 6.58. The van der Waals surface area contributed by atoms with Crippen molar-refractivity contribution in [2.24, 2.45) is 0 Å². The van der Waals surface area contributed by atoms with Crippen molar-refractivity contribution in [2.45, 2.75) is 0 Å². The molecule has 1 aromatic carbocycles.